The minimum atomic E-state index is 0.139. The Bertz CT molecular complexity index is 733. The number of hydrogen-bond donors (Lipinski definition) is 2. The average Bonchev–Trinajstić information content (AvgIpc) is 3.06. The van der Waals surface area contributed by atoms with Crippen molar-refractivity contribution >= 4 is 38.7 Å². The Morgan fingerprint density at radius 1 is 1.38 bits per heavy atom. The lowest BCUT2D eigenvalue weighted by Gasteiger charge is -2.03. The smallest absolute Gasteiger partial charge is 0.170 e. The molecule has 0 aliphatic carbocycles. The molecule has 0 aliphatic rings. The number of rotatable bonds is 5. The van der Waals surface area contributed by atoms with Gasteiger partial charge in [-0.05, 0) is 42.5 Å². The van der Waals surface area contributed by atoms with Crippen LogP contribution in [-0.2, 0) is 13.0 Å². The van der Waals surface area contributed by atoms with Crippen LogP contribution in [0.25, 0.3) is 10.2 Å². The standard InChI is InChI=1S/C14H17N5S2/c1-8(15)6-11-9(2)12-13(21-11)14(18-19-17-12)16-7-10-4-3-5-20-10/h3-5,8H,6-7,15H2,1-2H3,(H,16,17,18)/t8-/m0/s1. The van der Waals surface area contributed by atoms with E-state index in [-0.39, 0.29) is 6.04 Å². The number of fused-ring (bicyclic) bond motifs is 1. The van der Waals surface area contributed by atoms with Gasteiger partial charge in [0, 0.05) is 15.8 Å². The maximum absolute atomic E-state index is 5.92. The minimum Gasteiger partial charge on any atom is -0.362 e. The van der Waals surface area contributed by atoms with E-state index in [0.717, 1.165) is 29.0 Å². The molecule has 3 aromatic rings. The van der Waals surface area contributed by atoms with Gasteiger partial charge in [-0.1, -0.05) is 6.07 Å². The number of nitrogens with two attached hydrogens (primary N) is 1. The molecule has 3 aromatic heterocycles. The molecule has 7 heteroatoms. The highest BCUT2D eigenvalue weighted by Crippen LogP contribution is 2.33. The summed E-state index contributed by atoms with van der Waals surface area (Å²) in [6.07, 6.45) is 0.858. The molecule has 0 aromatic carbocycles. The number of nitrogens with zero attached hydrogens (tertiary/aromatic N) is 3. The van der Waals surface area contributed by atoms with Crippen molar-refractivity contribution < 1.29 is 0 Å². The highest BCUT2D eigenvalue weighted by atomic mass is 32.1. The summed E-state index contributed by atoms with van der Waals surface area (Å²) >= 11 is 3.44. The van der Waals surface area contributed by atoms with Gasteiger partial charge in [0.25, 0.3) is 0 Å². The lowest BCUT2D eigenvalue weighted by molar-refractivity contribution is 0.744. The third-order valence-corrected chi connectivity index (χ3v) is 5.42. The number of thiophene rings is 2. The molecule has 0 spiro atoms. The van der Waals surface area contributed by atoms with Gasteiger partial charge < -0.3 is 11.1 Å². The molecule has 0 saturated heterocycles. The van der Waals surface area contributed by atoms with E-state index in [1.165, 1.54) is 15.3 Å². The Kier molecular flexibility index (Phi) is 4.14. The van der Waals surface area contributed by atoms with Crippen LogP contribution in [-0.4, -0.2) is 21.5 Å². The zero-order valence-corrected chi connectivity index (χ0v) is 13.6. The van der Waals surface area contributed by atoms with Gasteiger partial charge in [0.05, 0.1) is 11.2 Å². The van der Waals surface area contributed by atoms with Gasteiger partial charge in [-0.25, -0.2) is 0 Å². The fourth-order valence-electron chi connectivity index (χ4n) is 2.18. The summed E-state index contributed by atoms with van der Waals surface area (Å²) in [5, 5.41) is 17.6. The third kappa shape index (κ3) is 3.04. The van der Waals surface area contributed by atoms with E-state index in [1.807, 2.05) is 13.0 Å². The van der Waals surface area contributed by atoms with Crippen LogP contribution in [0.15, 0.2) is 17.5 Å². The molecule has 5 nitrogen and oxygen atoms in total. The van der Waals surface area contributed by atoms with Crippen LogP contribution in [0.1, 0.15) is 22.2 Å². The average molecular weight is 319 g/mol. The first-order chi connectivity index (χ1) is 10.1. The van der Waals surface area contributed by atoms with Crippen LogP contribution in [0.5, 0.6) is 0 Å². The largest absolute Gasteiger partial charge is 0.362 e. The molecule has 0 amide bonds. The quantitative estimate of drug-likeness (QED) is 0.756. The maximum Gasteiger partial charge on any atom is 0.170 e. The first kappa shape index (κ1) is 14.4. The van der Waals surface area contributed by atoms with Crippen LogP contribution >= 0.6 is 22.7 Å². The van der Waals surface area contributed by atoms with Crippen molar-refractivity contribution in [2.75, 3.05) is 5.32 Å². The van der Waals surface area contributed by atoms with Crippen LogP contribution < -0.4 is 11.1 Å². The normalized spacial score (nSPS) is 12.7. The van der Waals surface area contributed by atoms with Crippen molar-refractivity contribution in [1.82, 2.24) is 15.4 Å². The molecule has 21 heavy (non-hydrogen) atoms. The molecule has 0 radical (unpaired) electrons. The van der Waals surface area contributed by atoms with Gasteiger partial charge in [-0.3, -0.25) is 0 Å². The van der Waals surface area contributed by atoms with E-state index in [2.05, 4.69) is 39.1 Å². The molecule has 0 saturated carbocycles. The van der Waals surface area contributed by atoms with E-state index in [4.69, 9.17) is 5.73 Å². The first-order valence-electron chi connectivity index (χ1n) is 6.78. The van der Waals surface area contributed by atoms with Gasteiger partial charge in [-0.2, -0.15) is 0 Å². The molecule has 3 heterocycles. The predicted molar refractivity (Wildman–Crippen MR) is 88.9 cm³/mol. The minimum absolute atomic E-state index is 0.139. The number of aromatic nitrogens is 3. The summed E-state index contributed by atoms with van der Waals surface area (Å²) in [5.41, 5.74) is 8.01. The molecule has 0 unspecified atom stereocenters. The Morgan fingerprint density at radius 3 is 2.95 bits per heavy atom. The summed E-state index contributed by atoms with van der Waals surface area (Å²) < 4.78 is 1.06. The monoisotopic (exact) mass is 319 g/mol. The topological polar surface area (TPSA) is 76.7 Å². The zero-order chi connectivity index (χ0) is 14.8. The number of aryl methyl sites for hydroxylation is 1. The van der Waals surface area contributed by atoms with Gasteiger partial charge >= 0.3 is 0 Å². The molecule has 0 aliphatic heterocycles. The fourth-order valence-corrected chi connectivity index (χ4v) is 4.16. The lowest BCUT2D eigenvalue weighted by Crippen LogP contribution is -2.17. The van der Waals surface area contributed by atoms with Crippen molar-refractivity contribution in [2.24, 2.45) is 5.73 Å². The Morgan fingerprint density at radius 2 is 2.24 bits per heavy atom. The summed E-state index contributed by atoms with van der Waals surface area (Å²) in [6, 6.07) is 4.29. The molecule has 3 N–H and O–H groups in total. The van der Waals surface area contributed by atoms with Crippen molar-refractivity contribution in [2.45, 2.75) is 32.9 Å². The second kappa shape index (κ2) is 6.05. The van der Waals surface area contributed by atoms with E-state index >= 15 is 0 Å². The number of anilines is 1. The van der Waals surface area contributed by atoms with E-state index in [9.17, 15) is 0 Å². The predicted octanol–water partition coefficient (Wildman–Crippen LogP) is 2.96. The van der Waals surface area contributed by atoms with E-state index < -0.39 is 0 Å². The molecule has 3 rings (SSSR count). The van der Waals surface area contributed by atoms with Crippen LogP contribution in [0.3, 0.4) is 0 Å². The highest BCUT2D eigenvalue weighted by molar-refractivity contribution is 7.19. The van der Waals surface area contributed by atoms with Crippen LogP contribution in [0.4, 0.5) is 5.82 Å². The van der Waals surface area contributed by atoms with Gasteiger partial charge in [0.2, 0.25) is 0 Å². The summed E-state index contributed by atoms with van der Waals surface area (Å²) in [4.78, 5) is 2.53. The second-order valence-corrected chi connectivity index (χ2v) is 7.22. The molecule has 0 bridgehead atoms. The lowest BCUT2D eigenvalue weighted by atomic mass is 10.1. The number of hydrogen-bond acceptors (Lipinski definition) is 7. The number of nitrogens with one attached hydrogen (secondary N) is 1. The van der Waals surface area contributed by atoms with Crippen molar-refractivity contribution in [3.8, 4) is 0 Å². The summed E-state index contributed by atoms with van der Waals surface area (Å²) in [5.74, 6) is 0.803. The molecular weight excluding hydrogens is 302 g/mol. The van der Waals surface area contributed by atoms with Gasteiger partial charge in [0.15, 0.2) is 5.82 Å². The molecule has 110 valence electrons. The molecular formula is C14H17N5S2. The van der Waals surface area contributed by atoms with Gasteiger partial charge in [0.1, 0.15) is 5.52 Å². The second-order valence-electron chi connectivity index (χ2n) is 5.08. The zero-order valence-electron chi connectivity index (χ0n) is 12.0. The first-order valence-corrected chi connectivity index (χ1v) is 8.48. The fraction of sp³-hybridized carbons (Fsp3) is 0.357. The van der Waals surface area contributed by atoms with E-state index in [1.54, 1.807) is 22.7 Å². The summed E-state index contributed by atoms with van der Waals surface area (Å²) in [7, 11) is 0. The maximum atomic E-state index is 5.92. The highest BCUT2D eigenvalue weighted by Gasteiger charge is 2.15. The Labute approximate surface area is 131 Å². The Balaban J connectivity index is 1.91. The van der Waals surface area contributed by atoms with Crippen molar-refractivity contribution in [3.63, 3.8) is 0 Å². The SMILES string of the molecule is Cc1c(C[C@H](C)N)sc2c(NCc3cccs3)nnnc12. The van der Waals surface area contributed by atoms with Crippen LogP contribution in [0, 0.1) is 6.92 Å². The van der Waals surface area contributed by atoms with Gasteiger partial charge in [-0.15, -0.1) is 32.9 Å². The van der Waals surface area contributed by atoms with Crippen molar-refractivity contribution in [1.29, 1.82) is 0 Å². The van der Waals surface area contributed by atoms with E-state index in [0.29, 0.717) is 0 Å². The Hall–Kier alpha value is -1.57. The van der Waals surface area contributed by atoms with Crippen molar-refractivity contribution in [3.05, 3.63) is 32.8 Å². The van der Waals surface area contributed by atoms with Crippen LogP contribution in [0.2, 0.25) is 0 Å². The third-order valence-electron chi connectivity index (χ3n) is 3.24. The summed E-state index contributed by atoms with van der Waals surface area (Å²) in [6.45, 7) is 4.85. The molecule has 1 atom stereocenters. The molecule has 0 fully saturated rings.